The molecular weight excluding hydrogens is 415 g/mol. The number of hydrogen-bond donors (Lipinski definition) is 2. The minimum Gasteiger partial charge on any atom is -0.382 e. The van der Waals surface area contributed by atoms with E-state index < -0.39 is 0 Å². The molecule has 0 saturated heterocycles. The van der Waals surface area contributed by atoms with Crippen molar-refractivity contribution in [2.45, 2.75) is 18.6 Å². The van der Waals surface area contributed by atoms with E-state index in [2.05, 4.69) is 44.5 Å². The summed E-state index contributed by atoms with van der Waals surface area (Å²) in [5, 5.41) is 0.854. The molecule has 0 aromatic carbocycles. The van der Waals surface area contributed by atoms with Crippen molar-refractivity contribution in [1.29, 1.82) is 0 Å². The topological polar surface area (TPSA) is 105 Å². The molecule has 2 rings (SSSR count). The number of ether oxygens (including phenoxy) is 1. The maximum atomic E-state index is 5.88. The zero-order valence-electron chi connectivity index (χ0n) is 12.5. The number of imidazole rings is 1. The highest BCUT2D eigenvalue weighted by molar-refractivity contribution is 14.1. The summed E-state index contributed by atoms with van der Waals surface area (Å²) in [5.41, 5.74) is 14.2. The van der Waals surface area contributed by atoms with Crippen molar-refractivity contribution < 1.29 is 4.74 Å². The average molecular weight is 434 g/mol. The summed E-state index contributed by atoms with van der Waals surface area (Å²) in [4.78, 5) is 12.8. The Morgan fingerprint density at radius 1 is 1.45 bits per heavy atom. The van der Waals surface area contributed by atoms with Crippen molar-refractivity contribution in [2.75, 3.05) is 31.7 Å². The van der Waals surface area contributed by atoms with Crippen molar-refractivity contribution in [1.82, 2.24) is 19.5 Å². The van der Waals surface area contributed by atoms with E-state index in [4.69, 9.17) is 16.2 Å². The molecule has 2 aromatic heterocycles. The van der Waals surface area contributed by atoms with Crippen LogP contribution in [-0.4, -0.2) is 45.5 Å². The molecule has 0 atom stereocenters. The van der Waals surface area contributed by atoms with Crippen LogP contribution in [-0.2, 0) is 11.3 Å². The summed E-state index contributed by atoms with van der Waals surface area (Å²) in [6.07, 6.45) is 1.45. The molecule has 120 valence electrons. The van der Waals surface area contributed by atoms with Gasteiger partial charge in [0, 0.05) is 29.5 Å². The van der Waals surface area contributed by atoms with Gasteiger partial charge in [0.25, 0.3) is 0 Å². The summed E-state index contributed by atoms with van der Waals surface area (Å²) < 4.78 is 8.40. The Labute approximate surface area is 147 Å². The third-order valence-electron chi connectivity index (χ3n) is 3.03. The normalized spacial score (nSPS) is 12.7. The molecule has 0 radical (unpaired) electrons. The number of hydrogen-bond acceptors (Lipinski definition) is 7. The first-order valence-electron chi connectivity index (χ1n) is 6.71. The first-order chi connectivity index (χ1) is 10.6. The van der Waals surface area contributed by atoms with Gasteiger partial charge >= 0.3 is 0 Å². The quantitative estimate of drug-likeness (QED) is 0.506. The zero-order valence-corrected chi connectivity index (χ0v) is 15.5. The van der Waals surface area contributed by atoms with Gasteiger partial charge in [-0.15, -0.1) is 0 Å². The highest BCUT2D eigenvalue weighted by atomic mass is 127. The Morgan fingerprint density at radius 3 is 2.91 bits per heavy atom. The van der Waals surface area contributed by atoms with E-state index in [0.717, 1.165) is 16.6 Å². The Hall–Kier alpha value is -0.910. The second-order valence-electron chi connectivity index (χ2n) is 4.67. The van der Waals surface area contributed by atoms with Gasteiger partial charge in [-0.05, 0) is 35.1 Å². The average Bonchev–Trinajstić information content (AvgIpc) is 2.85. The van der Waals surface area contributed by atoms with Crippen LogP contribution in [0.4, 0.5) is 5.82 Å². The second kappa shape index (κ2) is 8.09. The molecule has 7 nitrogen and oxygen atoms in total. The predicted octanol–water partition coefficient (Wildman–Crippen LogP) is 1.81. The van der Waals surface area contributed by atoms with Crippen LogP contribution in [0, 0.1) is 0 Å². The molecule has 2 heterocycles. The molecule has 9 heteroatoms. The molecule has 22 heavy (non-hydrogen) atoms. The molecule has 2 aromatic rings. The lowest BCUT2D eigenvalue weighted by Gasteiger charge is -2.08. The maximum absolute atomic E-state index is 5.88. The molecule has 0 aliphatic heterocycles. The molecule has 4 N–H and O–H groups in total. The molecule has 0 fully saturated rings. The monoisotopic (exact) mass is 434 g/mol. The number of rotatable bonds is 7. The van der Waals surface area contributed by atoms with Gasteiger partial charge in [-0.25, -0.2) is 15.0 Å². The first-order valence-corrected chi connectivity index (χ1v) is 8.77. The van der Waals surface area contributed by atoms with E-state index in [-0.39, 0.29) is 0 Å². The SMILES string of the molecule is COCC(C)=C(I)CSc1nc2c(N)ncnc2n1CCN. The predicted molar refractivity (Wildman–Crippen MR) is 98.1 cm³/mol. The van der Waals surface area contributed by atoms with Crippen LogP contribution in [0.1, 0.15) is 6.92 Å². The first kappa shape index (κ1) is 17.4. The number of methoxy groups -OCH3 is 1. The van der Waals surface area contributed by atoms with Crippen molar-refractivity contribution in [3.8, 4) is 0 Å². The highest BCUT2D eigenvalue weighted by Crippen LogP contribution is 2.28. The molecule has 0 aliphatic carbocycles. The van der Waals surface area contributed by atoms with Gasteiger partial charge in [0.2, 0.25) is 0 Å². The van der Waals surface area contributed by atoms with Crippen LogP contribution in [0.5, 0.6) is 0 Å². The minimum atomic E-state index is 0.392. The number of fused-ring (bicyclic) bond motifs is 1. The number of nitrogens with zero attached hydrogens (tertiary/aromatic N) is 4. The van der Waals surface area contributed by atoms with Crippen LogP contribution in [0.25, 0.3) is 11.2 Å². The number of thioether (sulfide) groups is 1. The second-order valence-corrected chi connectivity index (χ2v) is 6.92. The van der Waals surface area contributed by atoms with Crippen LogP contribution >= 0.6 is 34.4 Å². The third kappa shape index (κ3) is 3.89. The van der Waals surface area contributed by atoms with Gasteiger partial charge in [0.05, 0.1) is 6.61 Å². The zero-order chi connectivity index (χ0) is 16.1. The van der Waals surface area contributed by atoms with Gasteiger partial charge in [-0.1, -0.05) is 11.8 Å². The fourth-order valence-corrected chi connectivity index (χ4v) is 3.54. The summed E-state index contributed by atoms with van der Waals surface area (Å²) in [5.74, 6) is 1.21. The van der Waals surface area contributed by atoms with Gasteiger partial charge in [0.15, 0.2) is 22.1 Å². The lowest BCUT2D eigenvalue weighted by Crippen LogP contribution is -2.11. The van der Waals surface area contributed by atoms with Gasteiger partial charge < -0.3 is 20.8 Å². The van der Waals surface area contributed by atoms with Gasteiger partial charge in [0.1, 0.15) is 6.33 Å². The minimum absolute atomic E-state index is 0.392. The van der Waals surface area contributed by atoms with Crippen molar-refractivity contribution >= 4 is 51.3 Å². The van der Waals surface area contributed by atoms with Crippen LogP contribution in [0.3, 0.4) is 0 Å². The third-order valence-corrected chi connectivity index (χ3v) is 5.85. The number of anilines is 1. The summed E-state index contributed by atoms with van der Waals surface area (Å²) in [6.45, 7) is 3.86. The maximum Gasteiger partial charge on any atom is 0.170 e. The van der Waals surface area contributed by atoms with E-state index in [9.17, 15) is 0 Å². The molecular formula is C13H19IN6OS. The molecule has 0 saturated carbocycles. The molecule has 0 amide bonds. The van der Waals surface area contributed by atoms with Crippen molar-refractivity contribution in [2.24, 2.45) is 5.73 Å². The Bertz CT molecular complexity index is 686. The van der Waals surface area contributed by atoms with Crippen molar-refractivity contribution in [3.05, 3.63) is 15.5 Å². The van der Waals surface area contributed by atoms with E-state index >= 15 is 0 Å². The van der Waals surface area contributed by atoms with E-state index in [0.29, 0.717) is 31.0 Å². The van der Waals surface area contributed by atoms with Crippen LogP contribution in [0.2, 0.25) is 0 Å². The Kier molecular flexibility index (Phi) is 6.41. The largest absolute Gasteiger partial charge is 0.382 e. The standard InChI is InChI=1S/C13H19IN6OS/c1-8(5-21-2)9(14)6-22-13-19-10-11(16)17-7-18-12(10)20(13)4-3-15/h7H,3-6,15H2,1-2H3,(H2,16,17,18). The highest BCUT2D eigenvalue weighted by Gasteiger charge is 2.15. The van der Waals surface area contributed by atoms with E-state index in [1.165, 1.54) is 15.5 Å². The molecule has 0 spiro atoms. The number of nitrogen functional groups attached to an aromatic ring is 1. The molecule has 0 aliphatic rings. The fraction of sp³-hybridized carbons (Fsp3) is 0.462. The molecule has 0 unspecified atom stereocenters. The van der Waals surface area contributed by atoms with Crippen molar-refractivity contribution in [3.63, 3.8) is 0 Å². The Balaban J connectivity index is 2.29. The summed E-state index contributed by atoms with van der Waals surface area (Å²) >= 11 is 3.98. The summed E-state index contributed by atoms with van der Waals surface area (Å²) in [6, 6.07) is 0. The number of aromatic nitrogens is 4. The fourth-order valence-electron chi connectivity index (χ4n) is 1.92. The van der Waals surface area contributed by atoms with Gasteiger partial charge in [-0.2, -0.15) is 0 Å². The van der Waals surface area contributed by atoms with E-state index in [1.54, 1.807) is 18.9 Å². The Morgan fingerprint density at radius 2 is 2.23 bits per heavy atom. The number of halogens is 1. The van der Waals surface area contributed by atoms with E-state index in [1.807, 2.05) is 4.57 Å². The lowest BCUT2D eigenvalue weighted by molar-refractivity contribution is 0.225. The summed E-state index contributed by atoms with van der Waals surface area (Å²) in [7, 11) is 1.70. The van der Waals surface area contributed by atoms with Crippen LogP contribution < -0.4 is 11.5 Å². The smallest absolute Gasteiger partial charge is 0.170 e. The molecule has 0 bridgehead atoms. The number of nitrogens with two attached hydrogens (primary N) is 2. The van der Waals surface area contributed by atoms with Crippen LogP contribution in [0.15, 0.2) is 20.6 Å². The lowest BCUT2D eigenvalue weighted by atomic mass is 10.3. The van der Waals surface area contributed by atoms with Gasteiger partial charge in [-0.3, -0.25) is 0 Å².